The average molecular weight is 187 g/mol. The van der Waals surface area contributed by atoms with Gasteiger partial charge in [-0.2, -0.15) is 0 Å². The van der Waals surface area contributed by atoms with Gasteiger partial charge in [0.15, 0.2) is 0 Å². The standard InChI is InChI=1S/C9H11ClO2/c1-6(11)4-7-2-3-8(12)5-9(7)10/h2-3,5-6,11-12H,4H2,1H3/t6-/m0/s1. The smallest absolute Gasteiger partial charge is 0.117 e. The minimum absolute atomic E-state index is 0.148. The highest BCUT2D eigenvalue weighted by Crippen LogP contribution is 2.22. The minimum atomic E-state index is -0.410. The predicted molar refractivity (Wildman–Crippen MR) is 48.5 cm³/mol. The summed E-state index contributed by atoms with van der Waals surface area (Å²) in [6.45, 7) is 1.70. The summed E-state index contributed by atoms with van der Waals surface area (Å²) in [5, 5.41) is 18.6. The highest BCUT2D eigenvalue weighted by Gasteiger charge is 2.04. The molecule has 0 fully saturated rings. The van der Waals surface area contributed by atoms with E-state index in [1.54, 1.807) is 19.1 Å². The molecular weight excluding hydrogens is 176 g/mol. The number of phenols is 1. The molecule has 0 radical (unpaired) electrons. The number of aliphatic hydroxyl groups excluding tert-OH is 1. The van der Waals surface area contributed by atoms with Gasteiger partial charge in [-0.15, -0.1) is 0 Å². The first-order valence-corrected chi connectivity index (χ1v) is 4.13. The number of rotatable bonds is 2. The van der Waals surface area contributed by atoms with Crippen LogP contribution in [0.4, 0.5) is 0 Å². The van der Waals surface area contributed by atoms with E-state index in [-0.39, 0.29) is 5.75 Å². The van der Waals surface area contributed by atoms with Crippen molar-refractivity contribution in [3.05, 3.63) is 28.8 Å². The van der Waals surface area contributed by atoms with Crippen LogP contribution in [0.2, 0.25) is 5.02 Å². The SMILES string of the molecule is C[C@H](O)Cc1ccc(O)cc1Cl. The van der Waals surface area contributed by atoms with E-state index in [2.05, 4.69) is 0 Å². The third-order valence-corrected chi connectivity index (χ3v) is 1.90. The summed E-state index contributed by atoms with van der Waals surface area (Å²) in [4.78, 5) is 0. The summed E-state index contributed by atoms with van der Waals surface area (Å²) in [5.74, 6) is 0.148. The van der Waals surface area contributed by atoms with Crippen LogP contribution in [-0.4, -0.2) is 16.3 Å². The van der Waals surface area contributed by atoms with E-state index >= 15 is 0 Å². The molecule has 0 saturated heterocycles. The van der Waals surface area contributed by atoms with Crippen LogP contribution in [0.25, 0.3) is 0 Å². The molecule has 0 heterocycles. The Labute approximate surface area is 76.4 Å². The van der Waals surface area contributed by atoms with Gasteiger partial charge in [-0.05, 0) is 31.0 Å². The maximum atomic E-state index is 9.08. The van der Waals surface area contributed by atoms with E-state index in [0.29, 0.717) is 11.4 Å². The molecule has 2 N–H and O–H groups in total. The third kappa shape index (κ3) is 2.40. The number of hydrogen-bond donors (Lipinski definition) is 2. The summed E-state index contributed by atoms with van der Waals surface area (Å²) >= 11 is 5.80. The lowest BCUT2D eigenvalue weighted by Gasteiger charge is -2.06. The van der Waals surface area contributed by atoms with Crippen molar-refractivity contribution in [1.29, 1.82) is 0 Å². The molecule has 1 aromatic carbocycles. The number of aliphatic hydroxyl groups is 1. The molecule has 12 heavy (non-hydrogen) atoms. The van der Waals surface area contributed by atoms with Gasteiger partial charge in [0.1, 0.15) is 5.75 Å². The van der Waals surface area contributed by atoms with Crippen LogP contribution >= 0.6 is 11.6 Å². The Morgan fingerprint density at radius 3 is 2.67 bits per heavy atom. The van der Waals surface area contributed by atoms with Gasteiger partial charge in [-0.25, -0.2) is 0 Å². The van der Waals surface area contributed by atoms with Gasteiger partial charge in [-0.1, -0.05) is 17.7 Å². The first-order valence-electron chi connectivity index (χ1n) is 3.75. The van der Waals surface area contributed by atoms with E-state index in [1.165, 1.54) is 6.07 Å². The van der Waals surface area contributed by atoms with Crippen LogP contribution in [0.3, 0.4) is 0 Å². The van der Waals surface area contributed by atoms with Gasteiger partial charge in [0.25, 0.3) is 0 Å². The highest BCUT2D eigenvalue weighted by molar-refractivity contribution is 6.31. The summed E-state index contributed by atoms with van der Waals surface area (Å²) in [5.41, 5.74) is 0.851. The zero-order valence-electron chi connectivity index (χ0n) is 6.79. The number of aromatic hydroxyl groups is 1. The zero-order chi connectivity index (χ0) is 9.14. The molecule has 0 aliphatic heterocycles. The van der Waals surface area contributed by atoms with Crippen LogP contribution in [0.15, 0.2) is 18.2 Å². The van der Waals surface area contributed by atoms with Crippen molar-refractivity contribution in [3.63, 3.8) is 0 Å². The molecule has 0 saturated carbocycles. The Morgan fingerprint density at radius 2 is 2.17 bits per heavy atom. The van der Waals surface area contributed by atoms with Crippen LogP contribution in [-0.2, 0) is 6.42 Å². The van der Waals surface area contributed by atoms with E-state index in [4.69, 9.17) is 21.8 Å². The third-order valence-electron chi connectivity index (χ3n) is 1.55. The molecule has 66 valence electrons. The van der Waals surface area contributed by atoms with Gasteiger partial charge in [0.2, 0.25) is 0 Å². The number of benzene rings is 1. The molecule has 0 bridgehead atoms. The average Bonchev–Trinajstić information content (AvgIpc) is 1.94. The van der Waals surface area contributed by atoms with Crippen LogP contribution in [0.1, 0.15) is 12.5 Å². The lowest BCUT2D eigenvalue weighted by atomic mass is 10.1. The molecule has 3 heteroatoms. The largest absolute Gasteiger partial charge is 0.508 e. The highest BCUT2D eigenvalue weighted by atomic mass is 35.5. The van der Waals surface area contributed by atoms with Crippen molar-refractivity contribution in [2.75, 3.05) is 0 Å². The van der Waals surface area contributed by atoms with Gasteiger partial charge in [-0.3, -0.25) is 0 Å². The van der Waals surface area contributed by atoms with E-state index in [0.717, 1.165) is 5.56 Å². The molecule has 0 unspecified atom stereocenters. The summed E-state index contributed by atoms with van der Waals surface area (Å²) in [6.07, 6.45) is 0.103. The van der Waals surface area contributed by atoms with Crippen molar-refractivity contribution < 1.29 is 10.2 Å². The maximum absolute atomic E-state index is 9.08. The van der Waals surface area contributed by atoms with Gasteiger partial charge in [0, 0.05) is 5.02 Å². The quantitative estimate of drug-likeness (QED) is 0.742. The Hall–Kier alpha value is -0.730. The lowest BCUT2D eigenvalue weighted by molar-refractivity contribution is 0.195. The van der Waals surface area contributed by atoms with Crippen molar-refractivity contribution in [2.24, 2.45) is 0 Å². The van der Waals surface area contributed by atoms with Crippen LogP contribution in [0, 0.1) is 0 Å². The van der Waals surface area contributed by atoms with Crippen molar-refractivity contribution in [1.82, 2.24) is 0 Å². The van der Waals surface area contributed by atoms with Crippen molar-refractivity contribution in [2.45, 2.75) is 19.4 Å². The maximum Gasteiger partial charge on any atom is 0.117 e. The second-order valence-electron chi connectivity index (χ2n) is 2.83. The molecular formula is C9H11ClO2. The fraction of sp³-hybridized carbons (Fsp3) is 0.333. The molecule has 1 atom stereocenters. The summed E-state index contributed by atoms with van der Waals surface area (Å²) in [6, 6.07) is 4.74. The molecule has 2 nitrogen and oxygen atoms in total. The molecule has 0 spiro atoms. The second kappa shape index (κ2) is 3.78. The fourth-order valence-corrected chi connectivity index (χ4v) is 1.27. The van der Waals surface area contributed by atoms with Crippen LogP contribution < -0.4 is 0 Å². The molecule has 0 amide bonds. The Morgan fingerprint density at radius 1 is 1.50 bits per heavy atom. The minimum Gasteiger partial charge on any atom is -0.508 e. The molecule has 0 aromatic heterocycles. The fourth-order valence-electron chi connectivity index (χ4n) is 1.02. The van der Waals surface area contributed by atoms with Crippen LogP contribution in [0.5, 0.6) is 5.75 Å². The summed E-state index contributed by atoms with van der Waals surface area (Å²) < 4.78 is 0. The number of hydrogen-bond acceptors (Lipinski definition) is 2. The molecule has 1 aromatic rings. The van der Waals surface area contributed by atoms with E-state index < -0.39 is 6.10 Å². The zero-order valence-corrected chi connectivity index (χ0v) is 7.54. The number of phenolic OH excluding ortho intramolecular Hbond substituents is 1. The van der Waals surface area contributed by atoms with E-state index in [9.17, 15) is 0 Å². The first-order chi connectivity index (χ1) is 5.59. The summed E-state index contributed by atoms with van der Waals surface area (Å²) in [7, 11) is 0. The molecule has 1 rings (SSSR count). The molecule has 0 aliphatic rings. The van der Waals surface area contributed by atoms with Crippen molar-refractivity contribution in [3.8, 4) is 5.75 Å². The Balaban J connectivity index is 2.86. The first kappa shape index (κ1) is 9.36. The van der Waals surface area contributed by atoms with Crippen molar-refractivity contribution >= 4 is 11.6 Å². The Bertz CT molecular complexity index is 271. The molecule has 0 aliphatic carbocycles. The predicted octanol–water partition coefficient (Wildman–Crippen LogP) is 1.97. The topological polar surface area (TPSA) is 40.5 Å². The monoisotopic (exact) mass is 186 g/mol. The second-order valence-corrected chi connectivity index (χ2v) is 3.24. The van der Waals surface area contributed by atoms with E-state index in [1.807, 2.05) is 0 Å². The lowest BCUT2D eigenvalue weighted by Crippen LogP contribution is -2.04. The Kier molecular flexibility index (Phi) is 2.95. The van der Waals surface area contributed by atoms with Gasteiger partial charge >= 0.3 is 0 Å². The van der Waals surface area contributed by atoms with Gasteiger partial charge < -0.3 is 10.2 Å². The number of halogens is 1. The van der Waals surface area contributed by atoms with Gasteiger partial charge in [0.05, 0.1) is 6.10 Å². The normalized spacial score (nSPS) is 12.9.